The Kier molecular flexibility index (Phi) is 4.07. The van der Waals surface area contributed by atoms with E-state index in [0.29, 0.717) is 12.0 Å². The number of rotatable bonds is 1. The third kappa shape index (κ3) is 2.38. The summed E-state index contributed by atoms with van der Waals surface area (Å²) in [5.74, 6) is 0.967. The van der Waals surface area contributed by atoms with Gasteiger partial charge >= 0.3 is 0 Å². The Balaban J connectivity index is 0.00000121. The third-order valence-corrected chi connectivity index (χ3v) is 6.13. The first-order chi connectivity index (χ1) is 9.31. The average Bonchev–Trinajstić information content (AvgIpc) is 3.11. The number of aryl methyl sites for hydroxylation is 2. The fraction of sp³-hybridized carbons (Fsp3) is 0.667. The highest BCUT2D eigenvalue weighted by Crippen LogP contribution is 2.32. The first kappa shape index (κ1) is 14.4. The van der Waals surface area contributed by atoms with Crippen LogP contribution in [0, 0.1) is 5.92 Å². The van der Waals surface area contributed by atoms with Gasteiger partial charge in [0, 0.05) is 24.0 Å². The number of hydrogen-bond donors (Lipinski definition) is 1. The summed E-state index contributed by atoms with van der Waals surface area (Å²) in [6, 6.07) is 2.83. The van der Waals surface area contributed by atoms with Gasteiger partial charge in [0.05, 0.1) is 4.88 Å². The molecule has 0 saturated carbocycles. The van der Waals surface area contributed by atoms with E-state index < -0.39 is 0 Å². The van der Waals surface area contributed by atoms with Gasteiger partial charge < -0.3 is 10.2 Å². The van der Waals surface area contributed by atoms with Crippen molar-refractivity contribution in [1.82, 2.24) is 10.2 Å². The van der Waals surface area contributed by atoms with Gasteiger partial charge in [-0.05, 0) is 56.2 Å². The zero-order valence-corrected chi connectivity index (χ0v) is 13.2. The predicted molar refractivity (Wildman–Crippen MR) is 84.0 cm³/mol. The second-order valence-electron chi connectivity index (χ2n) is 6.06. The van der Waals surface area contributed by atoms with Gasteiger partial charge in [0.1, 0.15) is 0 Å². The molecule has 3 aliphatic rings. The standard InChI is InChI=1S/C15H20N2OS.ClH/c18-15(14-8-10-2-1-3-13(10)19-14)17-7-5-12-11(9-17)4-6-16-12;/h8,11-12,16H,1-7,9H2;1H. The fourth-order valence-electron chi connectivity index (χ4n) is 3.82. The van der Waals surface area contributed by atoms with Gasteiger partial charge in [0.2, 0.25) is 0 Å². The van der Waals surface area contributed by atoms with Gasteiger partial charge in [-0.3, -0.25) is 4.79 Å². The van der Waals surface area contributed by atoms with Crippen LogP contribution in [0.2, 0.25) is 0 Å². The summed E-state index contributed by atoms with van der Waals surface area (Å²) >= 11 is 1.74. The predicted octanol–water partition coefficient (Wildman–Crippen LogP) is 2.48. The maximum absolute atomic E-state index is 12.6. The second kappa shape index (κ2) is 5.66. The number of fused-ring (bicyclic) bond motifs is 2. The van der Waals surface area contributed by atoms with Crippen molar-refractivity contribution in [3.05, 3.63) is 21.4 Å². The van der Waals surface area contributed by atoms with E-state index in [9.17, 15) is 4.79 Å². The molecule has 1 N–H and O–H groups in total. The molecule has 2 saturated heterocycles. The lowest BCUT2D eigenvalue weighted by atomic mass is 9.93. The Labute approximate surface area is 130 Å². The van der Waals surface area contributed by atoms with Gasteiger partial charge in [0.25, 0.3) is 5.91 Å². The van der Waals surface area contributed by atoms with Crippen LogP contribution in [0.4, 0.5) is 0 Å². The molecule has 1 aromatic heterocycles. The van der Waals surface area contributed by atoms with Gasteiger partial charge in [-0.25, -0.2) is 0 Å². The Bertz CT molecular complexity index is 494. The molecule has 5 heteroatoms. The molecule has 1 amide bonds. The Morgan fingerprint density at radius 2 is 2.25 bits per heavy atom. The van der Waals surface area contributed by atoms with Gasteiger partial charge in [0.15, 0.2) is 0 Å². The lowest BCUT2D eigenvalue weighted by molar-refractivity contribution is 0.0667. The molecule has 2 aliphatic heterocycles. The quantitative estimate of drug-likeness (QED) is 0.864. The Hall–Kier alpha value is -0.580. The molecule has 0 radical (unpaired) electrons. The number of piperidine rings is 1. The molecule has 0 aromatic carbocycles. The smallest absolute Gasteiger partial charge is 0.263 e. The van der Waals surface area contributed by atoms with Gasteiger partial charge in [-0.2, -0.15) is 0 Å². The van der Waals surface area contributed by atoms with Crippen LogP contribution >= 0.6 is 23.7 Å². The minimum Gasteiger partial charge on any atom is -0.338 e. The molecule has 2 atom stereocenters. The number of carbonyl (C=O) groups excluding carboxylic acids is 1. The van der Waals surface area contributed by atoms with E-state index in [4.69, 9.17) is 0 Å². The van der Waals surface area contributed by atoms with E-state index in [1.54, 1.807) is 11.3 Å². The van der Waals surface area contributed by atoms with Crippen molar-refractivity contribution in [2.24, 2.45) is 5.92 Å². The van der Waals surface area contributed by atoms with Crippen molar-refractivity contribution in [3.8, 4) is 0 Å². The Morgan fingerprint density at radius 1 is 1.35 bits per heavy atom. The number of nitrogens with zero attached hydrogens (tertiary/aromatic N) is 1. The number of nitrogens with one attached hydrogen (secondary N) is 1. The molecule has 1 aliphatic carbocycles. The van der Waals surface area contributed by atoms with Crippen LogP contribution in [-0.2, 0) is 12.8 Å². The first-order valence-corrected chi connectivity index (χ1v) is 8.27. The lowest BCUT2D eigenvalue weighted by Gasteiger charge is -2.34. The molecule has 0 bridgehead atoms. The van der Waals surface area contributed by atoms with Gasteiger partial charge in [-0.15, -0.1) is 23.7 Å². The summed E-state index contributed by atoms with van der Waals surface area (Å²) in [7, 11) is 0. The van der Waals surface area contributed by atoms with E-state index in [0.717, 1.165) is 30.9 Å². The number of hydrogen-bond acceptors (Lipinski definition) is 3. The summed E-state index contributed by atoms with van der Waals surface area (Å²) in [5.41, 5.74) is 1.44. The first-order valence-electron chi connectivity index (χ1n) is 7.45. The molecule has 2 unspecified atom stereocenters. The summed E-state index contributed by atoms with van der Waals surface area (Å²) in [4.78, 5) is 17.1. The third-order valence-electron chi connectivity index (χ3n) is 4.90. The largest absolute Gasteiger partial charge is 0.338 e. The number of amides is 1. The molecule has 1 aromatic rings. The topological polar surface area (TPSA) is 32.3 Å². The van der Waals surface area contributed by atoms with Crippen molar-refractivity contribution >= 4 is 29.7 Å². The van der Waals surface area contributed by atoms with Crippen molar-refractivity contribution in [2.45, 2.75) is 38.1 Å². The van der Waals surface area contributed by atoms with Crippen LogP contribution in [0.25, 0.3) is 0 Å². The number of halogens is 1. The van der Waals surface area contributed by atoms with Crippen molar-refractivity contribution in [2.75, 3.05) is 19.6 Å². The highest BCUT2D eigenvalue weighted by molar-refractivity contribution is 7.14. The molecule has 20 heavy (non-hydrogen) atoms. The zero-order valence-electron chi connectivity index (χ0n) is 11.6. The van der Waals surface area contributed by atoms with Crippen LogP contribution in [0.1, 0.15) is 39.4 Å². The highest BCUT2D eigenvalue weighted by Gasteiger charge is 2.35. The summed E-state index contributed by atoms with van der Waals surface area (Å²) in [5, 5.41) is 3.55. The van der Waals surface area contributed by atoms with Crippen LogP contribution in [0.5, 0.6) is 0 Å². The molecular weight excluding hydrogens is 292 g/mol. The summed E-state index contributed by atoms with van der Waals surface area (Å²) < 4.78 is 0. The van der Waals surface area contributed by atoms with Crippen LogP contribution in [0.3, 0.4) is 0 Å². The van der Waals surface area contributed by atoms with E-state index in [1.165, 1.54) is 36.1 Å². The monoisotopic (exact) mass is 312 g/mol. The number of thiophene rings is 1. The molecule has 0 spiro atoms. The molecule has 3 heterocycles. The number of carbonyl (C=O) groups is 1. The maximum atomic E-state index is 12.6. The van der Waals surface area contributed by atoms with E-state index in [1.807, 2.05) is 0 Å². The molecular formula is C15H21ClN2OS. The van der Waals surface area contributed by atoms with Crippen LogP contribution in [0.15, 0.2) is 6.07 Å². The zero-order chi connectivity index (χ0) is 12.8. The highest BCUT2D eigenvalue weighted by atomic mass is 35.5. The van der Waals surface area contributed by atoms with E-state index in [-0.39, 0.29) is 18.3 Å². The van der Waals surface area contributed by atoms with E-state index in [2.05, 4.69) is 16.3 Å². The maximum Gasteiger partial charge on any atom is 0.263 e. The Morgan fingerprint density at radius 3 is 3.10 bits per heavy atom. The van der Waals surface area contributed by atoms with Gasteiger partial charge in [-0.1, -0.05) is 0 Å². The van der Waals surface area contributed by atoms with Crippen LogP contribution < -0.4 is 5.32 Å². The average molecular weight is 313 g/mol. The second-order valence-corrected chi connectivity index (χ2v) is 7.20. The van der Waals surface area contributed by atoms with Crippen LogP contribution in [-0.4, -0.2) is 36.5 Å². The SMILES string of the molecule is Cl.O=C(c1cc2c(s1)CCC2)N1CCC2NCCC2C1. The molecule has 110 valence electrons. The summed E-state index contributed by atoms with van der Waals surface area (Å²) in [6.45, 7) is 3.01. The summed E-state index contributed by atoms with van der Waals surface area (Å²) in [6.07, 6.45) is 5.99. The molecule has 4 rings (SSSR count). The lowest BCUT2D eigenvalue weighted by Crippen LogP contribution is -2.46. The minimum absolute atomic E-state index is 0. The fourth-order valence-corrected chi connectivity index (χ4v) is 5.04. The number of likely N-dealkylation sites (tertiary alicyclic amines) is 1. The van der Waals surface area contributed by atoms with Crippen molar-refractivity contribution in [3.63, 3.8) is 0 Å². The van der Waals surface area contributed by atoms with E-state index >= 15 is 0 Å². The van der Waals surface area contributed by atoms with Crippen molar-refractivity contribution < 1.29 is 4.79 Å². The molecule has 2 fully saturated rings. The normalized spacial score (nSPS) is 27.9. The minimum atomic E-state index is 0. The molecule has 3 nitrogen and oxygen atoms in total. The van der Waals surface area contributed by atoms with Crippen molar-refractivity contribution in [1.29, 1.82) is 0 Å².